The van der Waals surface area contributed by atoms with E-state index in [0.717, 1.165) is 44.9 Å². The van der Waals surface area contributed by atoms with Gasteiger partial charge in [-0.2, -0.15) is 0 Å². The van der Waals surface area contributed by atoms with E-state index in [2.05, 4.69) is 10.6 Å². The molecule has 5 fully saturated rings. The molecule has 0 saturated heterocycles. The Morgan fingerprint density at radius 3 is 2.25 bits per heavy atom. The molecule has 4 bridgehead atoms. The molecule has 5 saturated carbocycles. The fraction of sp³-hybridized carbons (Fsp3) is 0.875. The van der Waals surface area contributed by atoms with E-state index in [4.69, 9.17) is 0 Å². The summed E-state index contributed by atoms with van der Waals surface area (Å²) in [7, 11) is 0. The molecule has 0 radical (unpaired) electrons. The lowest BCUT2D eigenvalue weighted by Gasteiger charge is -2.61. The fourth-order valence-corrected chi connectivity index (χ4v) is 5.61. The van der Waals surface area contributed by atoms with Crippen LogP contribution in [-0.4, -0.2) is 23.4 Å². The molecule has 0 aliphatic heterocycles. The lowest BCUT2D eigenvalue weighted by molar-refractivity contribution is -0.153. The van der Waals surface area contributed by atoms with Crippen LogP contribution in [0.15, 0.2) is 0 Å². The summed E-state index contributed by atoms with van der Waals surface area (Å²) in [4.78, 5) is 24.3. The van der Waals surface area contributed by atoms with Crippen LogP contribution < -0.4 is 10.6 Å². The second-order valence-corrected chi connectivity index (χ2v) is 7.95. The second kappa shape index (κ2) is 3.99. The summed E-state index contributed by atoms with van der Waals surface area (Å²) < 4.78 is 0. The van der Waals surface area contributed by atoms with E-state index >= 15 is 0 Å². The van der Waals surface area contributed by atoms with E-state index in [1.807, 2.05) is 0 Å². The number of rotatable bonds is 3. The Hall–Kier alpha value is -1.06. The highest BCUT2D eigenvalue weighted by Gasteiger charge is 2.61. The van der Waals surface area contributed by atoms with Crippen molar-refractivity contribution in [3.8, 4) is 0 Å². The van der Waals surface area contributed by atoms with Crippen LogP contribution in [0.3, 0.4) is 0 Å². The molecule has 5 aliphatic rings. The van der Waals surface area contributed by atoms with E-state index in [1.54, 1.807) is 6.92 Å². The zero-order chi connectivity index (χ0) is 14.0. The smallest absolute Gasteiger partial charge is 0.226 e. The van der Waals surface area contributed by atoms with E-state index in [-0.39, 0.29) is 22.8 Å². The van der Waals surface area contributed by atoms with Gasteiger partial charge in [0.1, 0.15) is 0 Å². The molecule has 2 atom stereocenters. The average Bonchev–Trinajstić information content (AvgIpc) is 3.08. The molecule has 5 rings (SSSR count). The first-order chi connectivity index (χ1) is 9.49. The van der Waals surface area contributed by atoms with Gasteiger partial charge in [-0.1, -0.05) is 0 Å². The predicted octanol–water partition coefficient (Wildman–Crippen LogP) is 1.74. The third-order valence-corrected chi connectivity index (χ3v) is 5.90. The third kappa shape index (κ3) is 1.95. The van der Waals surface area contributed by atoms with Gasteiger partial charge in [-0.25, -0.2) is 0 Å². The lowest BCUT2D eigenvalue weighted by atomic mass is 9.46. The minimum atomic E-state index is -0.185. The van der Waals surface area contributed by atoms with Crippen LogP contribution in [0.1, 0.15) is 58.3 Å². The molecule has 0 spiro atoms. The van der Waals surface area contributed by atoms with Crippen LogP contribution in [0, 0.1) is 17.3 Å². The maximum Gasteiger partial charge on any atom is 0.226 e. The zero-order valence-corrected chi connectivity index (χ0v) is 12.2. The molecule has 0 aromatic rings. The summed E-state index contributed by atoms with van der Waals surface area (Å²) in [5, 5.41) is 6.45. The van der Waals surface area contributed by atoms with Crippen molar-refractivity contribution in [2.75, 3.05) is 0 Å². The van der Waals surface area contributed by atoms with E-state index in [9.17, 15) is 9.59 Å². The minimum Gasteiger partial charge on any atom is -0.353 e. The van der Waals surface area contributed by atoms with Crippen LogP contribution >= 0.6 is 0 Å². The Kier molecular flexibility index (Phi) is 2.52. The van der Waals surface area contributed by atoms with Gasteiger partial charge in [0.25, 0.3) is 0 Å². The molecule has 2 unspecified atom stereocenters. The van der Waals surface area contributed by atoms with Gasteiger partial charge in [0.05, 0.1) is 5.41 Å². The lowest BCUT2D eigenvalue weighted by Crippen LogP contribution is -2.65. The van der Waals surface area contributed by atoms with Crippen LogP contribution in [0.5, 0.6) is 0 Å². The highest BCUT2D eigenvalue weighted by Crippen LogP contribution is 2.61. The molecular formula is C16H24N2O2. The summed E-state index contributed by atoms with van der Waals surface area (Å²) in [6.07, 6.45) is 8.68. The largest absolute Gasteiger partial charge is 0.353 e. The quantitative estimate of drug-likeness (QED) is 0.825. The molecule has 110 valence electrons. The van der Waals surface area contributed by atoms with E-state index in [1.165, 1.54) is 6.42 Å². The Bertz CT molecular complexity index is 455. The SMILES string of the molecule is CC(=O)NC12CC3CC(C1)CC(C(=O)NC1CC1)(C3)C2. The highest BCUT2D eigenvalue weighted by molar-refractivity contribution is 5.84. The van der Waals surface area contributed by atoms with Gasteiger partial charge in [0, 0.05) is 18.5 Å². The Balaban J connectivity index is 1.60. The zero-order valence-electron chi connectivity index (χ0n) is 12.2. The molecular weight excluding hydrogens is 252 g/mol. The fourth-order valence-electron chi connectivity index (χ4n) is 5.61. The van der Waals surface area contributed by atoms with E-state index in [0.29, 0.717) is 17.9 Å². The van der Waals surface area contributed by atoms with Gasteiger partial charge in [0.2, 0.25) is 11.8 Å². The van der Waals surface area contributed by atoms with Gasteiger partial charge >= 0.3 is 0 Å². The summed E-state index contributed by atoms with van der Waals surface area (Å²) in [5.41, 5.74) is -0.272. The van der Waals surface area contributed by atoms with Crippen molar-refractivity contribution >= 4 is 11.8 Å². The van der Waals surface area contributed by atoms with E-state index < -0.39 is 0 Å². The monoisotopic (exact) mass is 276 g/mol. The molecule has 5 aliphatic carbocycles. The van der Waals surface area contributed by atoms with Crippen LogP contribution in [0.4, 0.5) is 0 Å². The standard InChI is InChI=1S/C16H24N2O2/c1-10(19)18-16-7-11-4-12(8-16)6-15(5-11,9-16)14(20)17-13-2-3-13/h11-13H,2-9H2,1H3,(H,17,20)(H,18,19). The van der Waals surface area contributed by atoms with Gasteiger partial charge in [-0.3, -0.25) is 9.59 Å². The summed E-state index contributed by atoms with van der Waals surface area (Å²) in [5.74, 6) is 1.61. The number of carbonyl (C=O) groups excluding carboxylic acids is 2. The number of hydrogen-bond acceptors (Lipinski definition) is 2. The molecule has 0 heterocycles. The normalized spacial score (nSPS) is 45.2. The van der Waals surface area contributed by atoms with Gasteiger partial charge < -0.3 is 10.6 Å². The highest BCUT2D eigenvalue weighted by atomic mass is 16.2. The van der Waals surface area contributed by atoms with Crippen LogP contribution in [0.25, 0.3) is 0 Å². The number of amides is 2. The van der Waals surface area contributed by atoms with Crippen molar-refractivity contribution in [2.24, 2.45) is 17.3 Å². The van der Waals surface area contributed by atoms with Crippen molar-refractivity contribution < 1.29 is 9.59 Å². The van der Waals surface area contributed by atoms with Gasteiger partial charge in [-0.15, -0.1) is 0 Å². The van der Waals surface area contributed by atoms with Crippen molar-refractivity contribution in [2.45, 2.75) is 69.9 Å². The number of hydrogen-bond donors (Lipinski definition) is 2. The Morgan fingerprint density at radius 1 is 1.05 bits per heavy atom. The first-order valence-corrected chi connectivity index (χ1v) is 8.08. The Labute approximate surface area is 120 Å². The van der Waals surface area contributed by atoms with Crippen molar-refractivity contribution in [1.82, 2.24) is 10.6 Å². The molecule has 0 aromatic carbocycles. The molecule has 2 amide bonds. The first-order valence-electron chi connectivity index (χ1n) is 8.08. The van der Waals surface area contributed by atoms with Crippen molar-refractivity contribution in [3.05, 3.63) is 0 Å². The van der Waals surface area contributed by atoms with Crippen molar-refractivity contribution in [3.63, 3.8) is 0 Å². The minimum absolute atomic E-state index is 0.0599. The van der Waals surface area contributed by atoms with Gasteiger partial charge in [0.15, 0.2) is 0 Å². The molecule has 0 aromatic heterocycles. The third-order valence-electron chi connectivity index (χ3n) is 5.90. The Morgan fingerprint density at radius 2 is 1.70 bits per heavy atom. The molecule has 2 N–H and O–H groups in total. The van der Waals surface area contributed by atoms with Crippen molar-refractivity contribution in [1.29, 1.82) is 0 Å². The second-order valence-electron chi connectivity index (χ2n) is 7.95. The topological polar surface area (TPSA) is 58.2 Å². The number of carbonyl (C=O) groups is 2. The molecule has 4 nitrogen and oxygen atoms in total. The summed E-state index contributed by atoms with van der Waals surface area (Å²) >= 11 is 0. The molecule has 4 heteroatoms. The predicted molar refractivity (Wildman–Crippen MR) is 74.8 cm³/mol. The van der Waals surface area contributed by atoms with Crippen LogP contribution in [-0.2, 0) is 9.59 Å². The number of nitrogens with one attached hydrogen (secondary N) is 2. The van der Waals surface area contributed by atoms with Crippen LogP contribution in [0.2, 0.25) is 0 Å². The van der Waals surface area contributed by atoms with Gasteiger partial charge in [-0.05, 0) is 63.2 Å². The summed E-state index contributed by atoms with van der Waals surface area (Å²) in [6.45, 7) is 1.61. The maximum absolute atomic E-state index is 12.8. The summed E-state index contributed by atoms with van der Waals surface area (Å²) in [6, 6.07) is 0.437. The first kappa shape index (κ1) is 12.7. The average molecular weight is 276 g/mol. The maximum atomic E-state index is 12.8. The molecule has 20 heavy (non-hydrogen) atoms.